The maximum atomic E-state index is 6.34. The van der Waals surface area contributed by atoms with Crippen LogP contribution in [0, 0.1) is 5.92 Å². The Hall–Kier alpha value is -0.820. The zero-order chi connectivity index (χ0) is 12.3. The zero-order valence-corrected chi connectivity index (χ0v) is 11.2. The van der Waals surface area contributed by atoms with Crippen LogP contribution in [-0.4, -0.2) is 0 Å². The Bertz CT molecular complexity index is 366. The molecule has 0 saturated heterocycles. The van der Waals surface area contributed by atoms with Crippen molar-refractivity contribution in [1.82, 2.24) is 0 Å². The Morgan fingerprint density at radius 3 is 2.53 bits per heavy atom. The highest BCUT2D eigenvalue weighted by molar-refractivity contribution is 5.36. The third-order valence-electron chi connectivity index (χ3n) is 4.29. The summed E-state index contributed by atoms with van der Waals surface area (Å²) in [6.45, 7) is 4.53. The van der Waals surface area contributed by atoms with Gasteiger partial charge in [0.15, 0.2) is 0 Å². The molecule has 94 valence electrons. The second-order valence-corrected chi connectivity index (χ2v) is 5.41. The van der Waals surface area contributed by atoms with E-state index in [2.05, 4.69) is 32.0 Å². The van der Waals surface area contributed by atoms with Gasteiger partial charge in [0.1, 0.15) is 0 Å². The molecule has 1 aromatic rings. The molecule has 0 spiro atoms. The highest BCUT2D eigenvalue weighted by atomic mass is 14.6. The number of fused-ring (bicyclic) bond motifs is 1. The molecule has 1 nitrogen and oxygen atoms in total. The van der Waals surface area contributed by atoms with Crippen LogP contribution < -0.4 is 5.73 Å². The zero-order valence-electron chi connectivity index (χ0n) is 11.2. The smallest absolute Gasteiger partial charge is 0.0297 e. The van der Waals surface area contributed by atoms with E-state index in [9.17, 15) is 0 Å². The second kappa shape index (κ2) is 5.68. The summed E-state index contributed by atoms with van der Waals surface area (Å²) in [6.07, 6.45) is 7.45. The van der Waals surface area contributed by atoms with Crippen LogP contribution in [0.25, 0.3) is 0 Å². The summed E-state index contributed by atoms with van der Waals surface area (Å²) in [5, 5.41) is 0. The van der Waals surface area contributed by atoms with Crippen LogP contribution in [0.3, 0.4) is 0 Å². The SMILES string of the molecule is CCC(CC)CC(N)c1ccc2c(c1)CCC2. The lowest BCUT2D eigenvalue weighted by Gasteiger charge is -2.19. The van der Waals surface area contributed by atoms with E-state index in [1.807, 2.05) is 0 Å². The molecule has 1 aliphatic rings. The number of benzene rings is 1. The fourth-order valence-corrected chi connectivity index (χ4v) is 2.94. The molecular formula is C16H25N. The molecule has 2 rings (SSSR count). The summed E-state index contributed by atoms with van der Waals surface area (Å²) in [5.74, 6) is 0.776. The van der Waals surface area contributed by atoms with Crippen molar-refractivity contribution in [1.29, 1.82) is 0 Å². The van der Waals surface area contributed by atoms with E-state index in [4.69, 9.17) is 5.73 Å². The van der Waals surface area contributed by atoms with Gasteiger partial charge in [0.25, 0.3) is 0 Å². The first-order valence-electron chi connectivity index (χ1n) is 7.11. The molecule has 1 atom stereocenters. The van der Waals surface area contributed by atoms with Crippen molar-refractivity contribution < 1.29 is 0 Å². The quantitative estimate of drug-likeness (QED) is 0.814. The van der Waals surface area contributed by atoms with Crippen molar-refractivity contribution in [2.45, 2.75) is 58.4 Å². The summed E-state index contributed by atoms with van der Waals surface area (Å²) in [6, 6.07) is 7.13. The number of hydrogen-bond acceptors (Lipinski definition) is 1. The van der Waals surface area contributed by atoms with Gasteiger partial charge in [-0.25, -0.2) is 0 Å². The fourth-order valence-electron chi connectivity index (χ4n) is 2.94. The van der Waals surface area contributed by atoms with E-state index in [1.54, 1.807) is 11.1 Å². The molecule has 17 heavy (non-hydrogen) atoms. The van der Waals surface area contributed by atoms with E-state index >= 15 is 0 Å². The molecule has 0 bridgehead atoms. The minimum Gasteiger partial charge on any atom is -0.324 e. The second-order valence-electron chi connectivity index (χ2n) is 5.41. The standard InChI is InChI=1S/C16H25N/c1-3-12(4-2)10-16(17)15-9-8-13-6-5-7-14(13)11-15/h8-9,11-12,16H,3-7,10,17H2,1-2H3. The molecule has 0 fully saturated rings. The molecule has 0 radical (unpaired) electrons. The lowest BCUT2D eigenvalue weighted by atomic mass is 9.90. The van der Waals surface area contributed by atoms with Gasteiger partial charge in [-0.2, -0.15) is 0 Å². The van der Waals surface area contributed by atoms with E-state index < -0.39 is 0 Å². The monoisotopic (exact) mass is 231 g/mol. The molecule has 0 amide bonds. The van der Waals surface area contributed by atoms with Gasteiger partial charge in [-0.05, 0) is 48.3 Å². The first-order valence-corrected chi connectivity index (χ1v) is 7.11. The van der Waals surface area contributed by atoms with Crippen LogP contribution in [0.2, 0.25) is 0 Å². The molecule has 1 aliphatic carbocycles. The van der Waals surface area contributed by atoms with Gasteiger partial charge in [0, 0.05) is 6.04 Å². The van der Waals surface area contributed by atoms with Crippen LogP contribution in [-0.2, 0) is 12.8 Å². The highest BCUT2D eigenvalue weighted by Gasteiger charge is 2.15. The average Bonchev–Trinajstić information content (AvgIpc) is 2.82. The van der Waals surface area contributed by atoms with Gasteiger partial charge in [0.2, 0.25) is 0 Å². The summed E-state index contributed by atoms with van der Waals surface area (Å²) in [7, 11) is 0. The third-order valence-corrected chi connectivity index (χ3v) is 4.29. The lowest BCUT2D eigenvalue weighted by molar-refractivity contribution is 0.414. The molecule has 2 N–H and O–H groups in total. The third kappa shape index (κ3) is 2.90. The molecule has 0 heterocycles. The first kappa shape index (κ1) is 12.6. The molecule has 0 aromatic heterocycles. The number of nitrogens with two attached hydrogens (primary N) is 1. The molecule has 1 unspecified atom stereocenters. The van der Waals surface area contributed by atoms with E-state index in [1.165, 1.54) is 37.7 Å². The van der Waals surface area contributed by atoms with Gasteiger partial charge in [-0.3, -0.25) is 0 Å². The van der Waals surface area contributed by atoms with Crippen LogP contribution in [0.5, 0.6) is 0 Å². The Morgan fingerprint density at radius 2 is 1.82 bits per heavy atom. The number of aryl methyl sites for hydroxylation is 2. The van der Waals surface area contributed by atoms with Crippen molar-refractivity contribution in [2.75, 3.05) is 0 Å². The Kier molecular flexibility index (Phi) is 4.22. The van der Waals surface area contributed by atoms with Crippen molar-refractivity contribution in [3.8, 4) is 0 Å². The van der Waals surface area contributed by atoms with Crippen molar-refractivity contribution in [3.05, 3.63) is 34.9 Å². The lowest BCUT2D eigenvalue weighted by Crippen LogP contribution is -2.15. The van der Waals surface area contributed by atoms with Crippen molar-refractivity contribution >= 4 is 0 Å². The van der Waals surface area contributed by atoms with E-state index in [0.29, 0.717) is 0 Å². The van der Waals surface area contributed by atoms with Crippen molar-refractivity contribution in [3.63, 3.8) is 0 Å². The Morgan fingerprint density at radius 1 is 1.12 bits per heavy atom. The largest absolute Gasteiger partial charge is 0.324 e. The molecule has 1 aromatic carbocycles. The van der Waals surface area contributed by atoms with E-state index in [-0.39, 0.29) is 6.04 Å². The maximum absolute atomic E-state index is 6.34. The van der Waals surface area contributed by atoms with Crippen LogP contribution in [0.15, 0.2) is 18.2 Å². The van der Waals surface area contributed by atoms with Crippen LogP contribution >= 0.6 is 0 Å². The maximum Gasteiger partial charge on any atom is 0.0297 e. The van der Waals surface area contributed by atoms with Gasteiger partial charge in [-0.1, -0.05) is 44.9 Å². The molecule has 0 aliphatic heterocycles. The first-order chi connectivity index (χ1) is 8.24. The minimum absolute atomic E-state index is 0.228. The predicted molar refractivity (Wildman–Crippen MR) is 74.1 cm³/mol. The summed E-state index contributed by atoms with van der Waals surface area (Å²) in [5.41, 5.74) is 10.8. The normalized spacial score (nSPS) is 16.2. The molecule has 1 heteroatoms. The van der Waals surface area contributed by atoms with E-state index in [0.717, 1.165) is 12.3 Å². The summed E-state index contributed by atoms with van der Waals surface area (Å²) < 4.78 is 0. The fraction of sp³-hybridized carbons (Fsp3) is 0.625. The van der Waals surface area contributed by atoms with Crippen molar-refractivity contribution in [2.24, 2.45) is 11.7 Å². The topological polar surface area (TPSA) is 26.0 Å². The average molecular weight is 231 g/mol. The van der Waals surface area contributed by atoms with Gasteiger partial charge in [0.05, 0.1) is 0 Å². The highest BCUT2D eigenvalue weighted by Crippen LogP contribution is 2.28. The Balaban J connectivity index is 2.06. The summed E-state index contributed by atoms with van der Waals surface area (Å²) >= 11 is 0. The summed E-state index contributed by atoms with van der Waals surface area (Å²) in [4.78, 5) is 0. The predicted octanol–water partition coefficient (Wildman–Crippen LogP) is 4.00. The van der Waals surface area contributed by atoms with Gasteiger partial charge < -0.3 is 5.73 Å². The number of rotatable bonds is 5. The van der Waals surface area contributed by atoms with Crippen LogP contribution in [0.4, 0.5) is 0 Å². The Labute approximate surface area is 105 Å². The van der Waals surface area contributed by atoms with Gasteiger partial charge in [-0.15, -0.1) is 0 Å². The molecular weight excluding hydrogens is 206 g/mol. The van der Waals surface area contributed by atoms with Crippen LogP contribution in [0.1, 0.15) is 62.3 Å². The van der Waals surface area contributed by atoms with Gasteiger partial charge >= 0.3 is 0 Å². The number of hydrogen-bond donors (Lipinski definition) is 1. The minimum atomic E-state index is 0.228. The molecule has 0 saturated carbocycles.